The smallest absolute Gasteiger partial charge is 0.456 e. The summed E-state index contributed by atoms with van der Waals surface area (Å²) in [5, 5.41) is 19.3. The van der Waals surface area contributed by atoms with E-state index in [9.17, 15) is 0 Å². The van der Waals surface area contributed by atoms with Crippen molar-refractivity contribution in [2.45, 2.75) is 38.9 Å². The Kier molecular flexibility index (Phi) is 17.2. The first-order valence-corrected chi connectivity index (χ1v) is 45.5. The number of benzene rings is 16. The Morgan fingerprint density at radius 2 is 0.619 bits per heavy atom. The van der Waals surface area contributed by atoms with Crippen LogP contribution in [0.15, 0.2) is 349 Å². The van der Waals surface area contributed by atoms with Crippen LogP contribution in [0.5, 0.6) is 0 Å². The highest BCUT2D eigenvalue weighted by atomic mass is 35.5. The van der Waals surface area contributed by atoms with Gasteiger partial charge in [-0.1, -0.05) is 231 Å². The molecule has 26 aromatic rings. The molecular formula is C108H68BClN8O4S4. The van der Waals surface area contributed by atoms with Crippen LogP contribution in [-0.4, -0.2) is 57.4 Å². The van der Waals surface area contributed by atoms with Crippen LogP contribution in [0.25, 0.3) is 236 Å². The molecule has 598 valence electrons. The maximum atomic E-state index is 6.70. The summed E-state index contributed by atoms with van der Waals surface area (Å²) in [6.07, 6.45) is 0. The molecule has 1 aliphatic rings. The van der Waals surface area contributed by atoms with E-state index >= 15 is 0 Å². The molecule has 0 N–H and O–H groups in total. The summed E-state index contributed by atoms with van der Waals surface area (Å²) < 4.78 is 40.5. The van der Waals surface area contributed by atoms with Crippen molar-refractivity contribution in [1.82, 2.24) is 39.0 Å². The highest BCUT2D eigenvalue weighted by Crippen LogP contribution is 2.51. The van der Waals surface area contributed by atoms with Crippen molar-refractivity contribution in [2.24, 2.45) is 0 Å². The van der Waals surface area contributed by atoms with Gasteiger partial charge in [-0.05, 0) is 148 Å². The van der Waals surface area contributed by atoms with Crippen LogP contribution in [0, 0.1) is 0 Å². The van der Waals surface area contributed by atoms with Gasteiger partial charge in [0.05, 0.1) is 33.3 Å². The largest absolute Gasteiger partial charge is 0.496 e. The lowest BCUT2D eigenvalue weighted by Gasteiger charge is -2.32. The first-order valence-electron chi connectivity index (χ1n) is 41.9. The normalized spacial score (nSPS) is 13.5. The van der Waals surface area contributed by atoms with E-state index < -0.39 is 18.3 Å². The Morgan fingerprint density at radius 1 is 0.270 bits per heavy atom. The van der Waals surface area contributed by atoms with Crippen LogP contribution in [0.2, 0.25) is 5.28 Å². The van der Waals surface area contributed by atoms with Crippen molar-refractivity contribution in [3.63, 3.8) is 0 Å². The molecule has 0 spiro atoms. The Morgan fingerprint density at radius 3 is 1.10 bits per heavy atom. The fourth-order valence-electron chi connectivity index (χ4n) is 18.7. The van der Waals surface area contributed by atoms with Gasteiger partial charge >= 0.3 is 7.12 Å². The van der Waals surface area contributed by atoms with Gasteiger partial charge in [-0.2, -0.15) is 9.97 Å². The van der Waals surface area contributed by atoms with Gasteiger partial charge in [-0.15, -0.1) is 45.3 Å². The maximum absolute atomic E-state index is 6.70. The molecule has 0 unspecified atom stereocenters. The van der Waals surface area contributed by atoms with E-state index in [1.165, 1.54) is 98.5 Å². The second-order valence-electron chi connectivity index (χ2n) is 33.0. The summed E-state index contributed by atoms with van der Waals surface area (Å²) in [7, 11) is -0.491. The number of furan rings is 2. The number of hydrogen-bond acceptors (Lipinski definition) is 14. The second kappa shape index (κ2) is 29.0. The average molecular weight is 1720 g/mol. The molecule has 27 rings (SSSR count). The Hall–Kier alpha value is -14.1. The number of nitrogens with zero attached hydrogens (tertiary/aromatic N) is 8. The number of aromatic nitrogens is 8. The first kappa shape index (κ1) is 74.5. The van der Waals surface area contributed by atoms with Gasteiger partial charge in [-0.25, -0.2) is 19.9 Å². The molecule has 11 heterocycles. The minimum absolute atomic E-state index is 0.201. The van der Waals surface area contributed by atoms with Gasteiger partial charge in [0, 0.05) is 168 Å². The van der Waals surface area contributed by atoms with Crippen LogP contribution in [-0.2, 0) is 9.31 Å². The summed E-state index contributed by atoms with van der Waals surface area (Å²) >= 11 is 13.3. The monoisotopic (exact) mass is 1710 g/mol. The predicted molar refractivity (Wildman–Crippen MR) is 529 cm³/mol. The minimum atomic E-state index is -0.491. The van der Waals surface area contributed by atoms with E-state index in [-0.39, 0.29) is 5.28 Å². The third-order valence-corrected chi connectivity index (χ3v) is 30.2. The zero-order valence-corrected chi connectivity index (χ0v) is 72.2. The van der Waals surface area contributed by atoms with Crippen molar-refractivity contribution in [2.75, 3.05) is 0 Å². The number of rotatable bonds is 8. The second-order valence-corrected chi connectivity index (χ2v) is 37.5. The zero-order valence-electron chi connectivity index (χ0n) is 68.1. The summed E-state index contributed by atoms with van der Waals surface area (Å²) in [4.78, 5) is 29.4. The molecule has 16 aromatic carbocycles. The zero-order chi connectivity index (χ0) is 83.8. The Bertz CT molecular complexity index is 8890. The SMILES string of the molecule is CC1(C)OB(c2cc(-n3c4ccccc4c4ccccc43)cc3c2sc2ccc4oc5ccccc5c4c23)OC1(C)C.Clc1nc(-c2ccccc2)nc(-c2cccc3c2sc2ccccc23)n1.c1ccc(-c2nc(-c3cccc4c3sc3ccccc34)nc(-c3cc(-n4c5ccccc5c5ccccc54)cc4c3sc3ccc5oc6ccccc6c5c34)n2)cc1. The van der Waals surface area contributed by atoms with Gasteiger partial charge < -0.3 is 27.3 Å². The van der Waals surface area contributed by atoms with Crippen LogP contribution in [0.4, 0.5) is 0 Å². The van der Waals surface area contributed by atoms with E-state index in [1.54, 1.807) is 45.3 Å². The van der Waals surface area contributed by atoms with E-state index in [2.05, 4.69) is 314 Å². The van der Waals surface area contributed by atoms with Gasteiger partial charge in [0.25, 0.3) is 0 Å². The number of halogens is 1. The molecule has 0 bridgehead atoms. The highest BCUT2D eigenvalue weighted by molar-refractivity contribution is 7.28. The fourth-order valence-corrected chi connectivity index (χ4v) is 23.7. The molecule has 12 nitrogen and oxygen atoms in total. The summed E-state index contributed by atoms with van der Waals surface area (Å²) in [6.45, 7) is 8.47. The van der Waals surface area contributed by atoms with E-state index in [0.29, 0.717) is 29.1 Å². The van der Waals surface area contributed by atoms with Crippen molar-refractivity contribution in [3.05, 3.63) is 345 Å². The lowest BCUT2D eigenvalue weighted by molar-refractivity contribution is 0.00578. The Balaban J connectivity index is 0.000000111. The molecule has 0 amide bonds. The molecule has 1 fully saturated rings. The summed E-state index contributed by atoms with van der Waals surface area (Å²) in [5.41, 5.74) is 15.3. The summed E-state index contributed by atoms with van der Waals surface area (Å²) in [6, 6.07) is 119. The minimum Gasteiger partial charge on any atom is -0.456 e. The van der Waals surface area contributed by atoms with Crippen molar-refractivity contribution in [3.8, 4) is 68.3 Å². The van der Waals surface area contributed by atoms with Gasteiger partial charge in [-0.3, -0.25) is 0 Å². The van der Waals surface area contributed by atoms with E-state index in [0.717, 1.165) is 114 Å². The molecule has 10 aromatic heterocycles. The molecule has 126 heavy (non-hydrogen) atoms. The molecule has 1 saturated heterocycles. The molecule has 0 aliphatic carbocycles. The van der Waals surface area contributed by atoms with Crippen molar-refractivity contribution in [1.29, 1.82) is 0 Å². The lowest BCUT2D eigenvalue weighted by Crippen LogP contribution is -2.41. The molecule has 0 atom stereocenters. The topological polar surface area (TPSA) is 132 Å². The fraction of sp³-hybridized carbons (Fsp3) is 0.0556. The standard InChI is InChI=1S/C51H28N4OS2.C36H28BNO3S.C21H12ClN3S/c1-2-13-29(14-3-1)49-52-50(36-20-12-19-34-33-17-7-11-24-43(33)57-47(34)36)54-51(53-49)38-28-30(55-39-21-8-4-15-31(39)32-16-5-9-22-40(32)55)27-37-46-44(58-48(37)38)26-25-42-45(46)35-18-6-10-23-41(35)56-42;1-35(2)36(3,4)41-37(40-35)26-20-21(38-27-14-8-5-11-22(27)23-12-6-9-15-28(23)38)19-25-33-31(42-34(25)26)18-17-30-32(33)24-13-7-10-16-29(24)39-30;22-21-24-19(13-7-2-1-3-8-13)23-20(25-21)16-11-6-10-15-14-9-4-5-12-17(14)26-18(15)16/h1-28H;5-20H,1-4H3;1-12H. The Labute approximate surface area is 741 Å². The number of para-hydroxylation sites is 6. The molecule has 18 heteroatoms. The van der Waals surface area contributed by atoms with Crippen LogP contribution in [0.3, 0.4) is 0 Å². The van der Waals surface area contributed by atoms with Gasteiger partial charge in [0.2, 0.25) is 5.28 Å². The van der Waals surface area contributed by atoms with Crippen LogP contribution >= 0.6 is 56.9 Å². The molecule has 0 saturated carbocycles. The van der Waals surface area contributed by atoms with Crippen molar-refractivity contribution >= 4 is 238 Å². The van der Waals surface area contributed by atoms with Crippen molar-refractivity contribution < 1.29 is 18.1 Å². The number of hydrogen-bond donors (Lipinski definition) is 0. The number of fused-ring (bicyclic) bond motifs is 26. The van der Waals surface area contributed by atoms with Gasteiger partial charge in [0.1, 0.15) is 22.3 Å². The van der Waals surface area contributed by atoms with Gasteiger partial charge in [0.15, 0.2) is 29.1 Å². The maximum Gasteiger partial charge on any atom is 0.496 e. The summed E-state index contributed by atoms with van der Waals surface area (Å²) in [5.74, 6) is 3.10. The highest BCUT2D eigenvalue weighted by Gasteiger charge is 2.52. The quantitative estimate of drug-likeness (QED) is 0.135. The third kappa shape index (κ3) is 11.9. The van der Waals surface area contributed by atoms with E-state index in [4.69, 9.17) is 49.7 Å². The first-order chi connectivity index (χ1) is 61.8. The van der Waals surface area contributed by atoms with E-state index in [1.807, 2.05) is 72.8 Å². The number of thiophene rings is 4. The van der Waals surface area contributed by atoms with Crippen LogP contribution in [0.1, 0.15) is 27.7 Å². The molecule has 0 radical (unpaired) electrons. The average Bonchev–Trinajstić information content (AvgIpc) is 1.54. The third-order valence-electron chi connectivity index (χ3n) is 25.2. The lowest BCUT2D eigenvalue weighted by atomic mass is 9.78. The molecule has 1 aliphatic heterocycles. The van der Waals surface area contributed by atoms with Crippen LogP contribution < -0.4 is 5.46 Å². The molecular weight excluding hydrogens is 1650 g/mol. The predicted octanol–water partition coefficient (Wildman–Crippen LogP) is 30.2.